The lowest BCUT2D eigenvalue weighted by molar-refractivity contribution is 0.0745. The maximum Gasteiger partial charge on any atom is 0.253 e. The van der Waals surface area contributed by atoms with Crippen LogP contribution in [0.5, 0.6) is 0 Å². The number of nitrogens with zero attached hydrogens (tertiary/aromatic N) is 2. The van der Waals surface area contributed by atoms with Crippen LogP contribution in [0.4, 0.5) is 0 Å². The van der Waals surface area contributed by atoms with Crippen LogP contribution < -0.4 is 0 Å². The molecule has 1 rings (SSSR count). The van der Waals surface area contributed by atoms with Gasteiger partial charge in [-0.05, 0) is 70.2 Å². The molecular weight excluding hydrogens is 332 g/mol. The fourth-order valence-corrected chi connectivity index (χ4v) is 3.54. The van der Waals surface area contributed by atoms with Crippen molar-refractivity contribution in [3.05, 3.63) is 35.4 Å². The number of hydrogen-bond acceptors (Lipinski definition) is 2. The summed E-state index contributed by atoms with van der Waals surface area (Å²) in [4.78, 5) is 17.5. The standard InChI is InChI=1S/C24H42N2O/c1-6-9-10-12-22-13-15-23(16-14-22)24(27)26(18-8-3)20-11-19-25(17-7-2)21(4)5/h13-16,21H,6-12,17-20H2,1-5H3. The summed E-state index contributed by atoms with van der Waals surface area (Å²) < 4.78 is 0. The predicted molar refractivity (Wildman–Crippen MR) is 117 cm³/mol. The average molecular weight is 375 g/mol. The van der Waals surface area contributed by atoms with E-state index < -0.39 is 0 Å². The summed E-state index contributed by atoms with van der Waals surface area (Å²) in [6.07, 6.45) is 8.09. The molecular formula is C24H42N2O. The van der Waals surface area contributed by atoms with Crippen LogP contribution in [-0.4, -0.2) is 47.9 Å². The van der Waals surface area contributed by atoms with Crippen molar-refractivity contribution in [3.8, 4) is 0 Å². The lowest BCUT2D eigenvalue weighted by Gasteiger charge is -2.28. The minimum Gasteiger partial charge on any atom is -0.339 e. The van der Waals surface area contributed by atoms with E-state index in [1.807, 2.05) is 17.0 Å². The van der Waals surface area contributed by atoms with E-state index in [0.717, 1.165) is 51.0 Å². The molecule has 0 atom stereocenters. The van der Waals surface area contributed by atoms with Crippen LogP contribution in [0, 0.1) is 0 Å². The van der Waals surface area contributed by atoms with E-state index in [1.54, 1.807) is 0 Å². The molecule has 3 heteroatoms. The molecule has 0 heterocycles. The topological polar surface area (TPSA) is 23.6 Å². The molecule has 154 valence electrons. The first-order valence-electron chi connectivity index (χ1n) is 11.2. The second-order valence-electron chi connectivity index (χ2n) is 7.93. The Bertz CT molecular complexity index is 510. The van der Waals surface area contributed by atoms with Crippen molar-refractivity contribution in [2.75, 3.05) is 26.2 Å². The first-order valence-corrected chi connectivity index (χ1v) is 11.2. The van der Waals surface area contributed by atoms with Gasteiger partial charge in [0.1, 0.15) is 0 Å². The van der Waals surface area contributed by atoms with Crippen molar-refractivity contribution in [1.82, 2.24) is 9.80 Å². The number of hydrogen-bond donors (Lipinski definition) is 0. The molecule has 0 aliphatic heterocycles. The minimum atomic E-state index is 0.184. The van der Waals surface area contributed by atoms with Crippen LogP contribution in [0.15, 0.2) is 24.3 Å². The van der Waals surface area contributed by atoms with Crippen LogP contribution in [0.25, 0.3) is 0 Å². The van der Waals surface area contributed by atoms with Crippen molar-refractivity contribution in [2.24, 2.45) is 0 Å². The van der Waals surface area contributed by atoms with E-state index in [4.69, 9.17) is 0 Å². The lowest BCUT2D eigenvalue weighted by atomic mass is 10.0. The molecule has 1 amide bonds. The first-order chi connectivity index (χ1) is 13.0. The van der Waals surface area contributed by atoms with Gasteiger partial charge in [0, 0.05) is 31.2 Å². The number of carbonyl (C=O) groups is 1. The van der Waals surface area contributed by atoms with Crippen molar-refractivity contribution in [2.45, 2.75) is 85.6 Å². The van der Waals surface area contributed by atoms with Crippen LogP contribution in [-0.2, 0) is 6.42 Å². The van der Waals surface area contributed by atoms with Gasteiger partial charge in [0.2, 0.25) is 0 Å². The fraction of sp³-hybridized carbons (Fsp3) is 0.708. The molecule has 0 spiro atoms. The summed E-state index contributed by atoms with van der Waals surface area (Å²) in [7, 11) is 0. The quantitative estimate of drug-likeness (QED) is 0.385. The molecule has 27 heavy (non-hydrogen) atoms. The molecule has 0 aromatic heterocycles. The monoisotopic (exact) mass is 374 g/mol. The van der Waals surface area contributed by atoms with Gasteiger partial charge in [-0.2, -0.15) is 0 Å². The molecule has 0 aliphatic rings. The summed E-state index contributed by atoms with van der Waals surface area (Å²) in [5.74, 6) is 0.184. The normalized spacial score (nSPS) is 11.4. The second kappa shape index (κ2) is 13.8. The van der Waals surface area contributed by atoms with Crippen molar-refractivity contribution >= 4 is 5.91 Å². The Kier molecular flexibility index (Phi) is 12.1. The smallest absolute Gasteiger partial charge is 0.253 e. The zero-order valence-electron chi connectivity index (χ0n) is 18.5. The summed E-state index contributed by atoms with van der Waals surface area (Å²) in [6.45, 7) is 15.0. The lowest BCUT2D eigenvalue weighted by Crippen LogP contribution is -2.37. The molecule has 0 aliphatic carbocycles. The maximum absolute atomic E-state index is 13.0. The third kappa shape index (κ3) is 8.92. The molecule has 0 N–H and O–H groups in total. The van der Waals surface area contributed by atoms with E-state index >= 15 is 0 Å². The van der Waals surface area contributed by atoms with Gasteiger partial charge >= 0.3 is 0 Å². The predicted octanol–water partition coefficient (Wildman–Crippen LogP) is 5.78. The fourth-order valence-electron chi connectivity index (χ4n) is 3.54. The number of amides is 1. The van der Waals surface area contributed by atoms with Crippen molar-refractivity contribution < 1.29 is 4.79 Å². The van der Waals surface area contributed by atoms with Crippen molar-refractivity contribution in [3.63, 3.8) is 0 Å². The Morgan fingerprint density at radius 1 is 0.815 bits per heavy atom. The van der Waals surface area contributed by atoms with Gasteiger partial charge in [-0.1, -0.05) is 45.7 Å². The highest BCUT2D eigenvalue weighted by atomic mass is 16.2. The number of rotatable bonds is 14. The second-order valence-corrected chi connectivity index (χ2v) is 7.93. The highest BCUT2D eigenvalue weighted by Crippen LogP contribution is 2.12. The number of aryl methyl sites for hydroxylation is 1. The van der Waals surface area contributed by atoms with Crippen LogP contribution in [0.1, 0.15) is 89.1 Å². The van der Waals surface area contributed by atoms with Crippen LogP contribution >= 0.6 is 0 Å². The summed E-state index contributed by atoms with van der Waals surface area (Å²) in [6, 6.07) is 8.87. The van der Waals surface area contributed by atoms with Gasteiger partial charge in [-0.15, -0.1) is 0 Å². The third-order valence-electron chi connectivity index (χ3n) is 5.17. The van der Waals surface area contributed by atoms with Crippen LogP contribution in [0.3, 0.4) is 0 Å². The maximum atomic E-state index is 13.0. The zero-order valence-corrected chi connectivity index (χ0v) is 18.5. The molecule has 1 aromatic carbocycles. The van der Waals surface area contributed by atoms with Gasteiger partial charge in [0.25, 0.3) is 5.91 Å². The molecule has 3 nitrogen and oxygen atoms in total. The number of benzene rings is 1. The summed E-state index contributed by atoms with van der Waals surface area (Å²) in [5.41, 5.74) is 2.17. The molecule has 0 bridgehead atoms. The Hall–Kier alpha value is -1.35. The molecule has 0 saturated heterocycles. The Balaban J connectivity index is 2.61. The van der Waals surface area contributed by atoms with Gasteiger partial charge in [0.15, 0.2) is 0 Å². The first kappa shape index (κ1) is 23.7. The molecule has 0 fully saturated rings. The van der Waals surface area contributed by atoms with Crippen molar-refractivity contribution in [1.29, 1.82) is 0 Å². The highest BCUT2D eigenvalue weighted by Gasteiger charge is 2.16. The van der Waals surface area contributed by atoms with E-state index in [9.17, 15) is 4.79 Å². The summed E-state index contributed by atoms with van der Waals surface area (Å²) in [5, 5.41) is 0. The largest absolute Gasteiger partial charge is 0.339 e. The zero-order chi connectivity index (χ0) is 20.1. The Morgan fingerprint density at radius 3 is 2.04 bits per heavy atom. The van der Waals surface area contributed by atoms with Crippen LogP contribution in [0.2, 0.25) is 0 Å². The van der Waals surface area contributed by atoms with Gasteiger partial charge in [-0.25, -0.2) is 0 Å². The Morgan fingerprint density at radius 2 is 1.48 bits per heavy atom. The minimum absolute atomic E-state index is 0.184. The third-order valence-corrected chi connectivity index (χ3v) is 5.17. The summed E-state index contributed by atoms with van der Waals surface area (Å²) >= 11 is 0. The average Bonchev–Trinajstić information content (AvgIpc) is 2.66. The van der Waals surface area contributed by atoms with E-state index in [0.29, 0.717) is 6.04 Å². The number of carbonyl (C=O) groups excluding carboxylic acids is 1. The molecule has 1 aromatic rings. The van der Waals surface area contributed by atoms with Gasteiger partial charge < -0.3 is 9.80 Å². The van der Waals surface area contributed by atoms with E-state index in [1.165, 1.54) is 31.2 Å². The van der Waals surface area contributed by atoms with Gasteiger partial charge in [-0.3, -0.25) is 4.79 Å². The molecule has 0 saturated carbocycles. The highest BCUT2D eigenvalue weighted by molar-refractivity contribution is 5.94. The SMILES string of the molecule is CCCCCc1ccc(C(=O)N(CCC)CCCN(CCC)C(C)C)cc1. The number of unbranched alkanes of at least 4 members (excludes halogenated alkanes) is 2. The molecule has 0 unspecified atom stereocenters. The Labute approximate surface area is 168 Å². The van der Waals surface area contributed by atoms with Gasteiger partial charge in [0.05, 0.1) is 0 Å². The van der Waals surface area contributed by atoms with E-state index in [2.05, 4.69) is 51.7 Å². The van der Waals surface area contributed by atoms with E-state index in [-0.39, 0.29) is 5.91 Å². The molecule has 0 radical (unpaired) electrons.